The van der Waals surface area contributed by atoms with Gasteiger partial charge in [0.05, 0.1) is 19.3 Å². The van der Waals surface area contributed by atoms with Crippen molar-refractivity contribution in [1.82, 2.24) is 10.6 Å². The van der Waals surface area contributed by atoms with Crippen LogP contribution in [0.4, 0.5) is 4.79 Å². The summed E-state index contributed by atoms with van der Waals surface area (Å²) in [7, 11) is 0. The zero-order valence-corrected chi connectivity index (χ0v) is 14.1. The van der Waals surface area contributed by atoms with E-state index in [2.05, 4.69) is 10.6 Å². The summed E-state index contributed by atoms with van der Waals surface area (Å²) in [5, 5.41) is 15.0. The molecule has 3 N–H and O–H groups in total. The second kappa shape index (κ2) is 8.93. The van der Waals surface area contributed by atoms with Crippen LogP contribution >= 0.6 is 0 Å². The Bertz CT molecular complexity index is 673. The summed E-state index contributed by atoms with van der Waals surface area (Å²) >= 11 is 0. The molecule has 2 amide bonds. The van der Waals surface area contributed by atoms with Crippen LogP contribution in [0.15, 0.2) is 48.5 Å². The molecule has 1 unspecified atom stereocenters. The number of benzene rings is 2. The summed E-state index contributed by atoms with van der Waals surface area (Å²) in [6.45, 7) is 4.79. The molecule has 0 saturated carbocycles. The summed E-state index contributed by atoms with van der Waals surface area (Å²) in [5.41, 5.74) is 2.70. The Morgan fingerprint density at radius 3 is 2.62 bits per heavy atom. The predicted octanol–water partition coefficient (Wildman–Crippen LogP) is 3.14. The first-order valence-corrected chi connectivity index (χ1v) is 8.08. The molecule has 1 atom stereocenters. The van der Waals surface area contributed by atoms with E-state index in [1.165, 1.54) is 0 Å². The molecule has 0 aliphatic carbocycles. The minimum Gasteiger partial charge on any atom is -0.494 e. The standard InChI is InChI=1S/C19H24N2O3/c1-3-24-18-10-6-9-15(11-18)14(2)21-19(23)20-12-16-7-4-5-8-17(16)13-22/h4-11,14,22H,3,12-13H2,1-2H3,(H2,20,21,23). The Labute approximate surface area is 142 Å². The first kappa shape index (κ1) is 17.8. The van der Waals surface area contributed by atoms with Crippen LogP contribution in [0.3, 0.4) is 0 Å². The Morgan fingerprint density at radius 2 is 1.92 bits per heavy atom. The lowest BCUT2D eigenvalue weighted by molar-refractivity contribution is 0.237. The maximum Gasteiger partial charge on any atom is 0.315 e. The Balaban J connectivity index is 1.90. The summed E-state index contributed by atoms with van der Waals surface area (Å²) < 4.78 is 5.48. The minimum absolute atomic E-state index is 0.0416. The van der Waals surface area contributed by atoms with Crippen molar-refractivity contribution in [2.24, 2.45) is 0 Å². The van der Waals surface area contributed by atoms with Gasteiger partial charge in [0, 0.05) is 6.54 Å². The van der Waals surface area contributed by atoms with E-state index in [1.54, 1.807) is 0 Å². The molecule has 0 aliphatic rings. The molecule has 0 heterocycles. The first-order chi connectivity index (χ1) is 11.6. The van der Waals surface area contributed by atoms with E-state index >= 15 is 0 Å². The number of amides is 2. The van der Waals surface area contributed by atoms with Gasteiger partial charge < -0.3 is 20.5 Å². The normalized spacial score (nSPS) is 11.6. The van der Waals surface area contributed by atoms with E-state index in [4.69, 9.17) is 4.74 Å². The monoisotopic (exact) mass is 328 g/mol. The molecule has 0 fully saturated rings. The van der Waals surface area contributed by atoms with Crippen molar-refractivity contribution in [3.05, 3.63) is 65.2 Å². The van der Waals surface area contributed by atoms with Crippen molar-refractivity contribution < 1.29 is 14.6 Å². The number of aliphatic hydroxyl groups excluding tert-OH is 1. The summed E-state index contributed by atoms with van der Waals surface area (Å²) in [6, 6.07) is 14.8. The van der Waals surface area contributed by atoms with Gasteiger partial charge in [-0.1, -0.05) is 36.4 Å². The maximum absolute atomic E-state index is 12.1. The maximum atomic E-state index is 12.1. The van der Waals surface area contributed by atoms with E-state index in [9.17, 15) is 9.90 Å². The lowest BCUT2D eigenvalue weighted by Crippen LogP contribution is -2.36. The highest BCUT2D eigenvalue weighted by Crippen LogP contribution is 2.19. The molecule has 2 aromatic rings. The number of aliphatic hydroxyl groups is 1. The SMILES string of the molecule is CCOc1cccc(C(C)NC(=O)NCc2ccccc2CO)c1. The third-order valence-corrected chi connectivity index (χ3v) is 3.74. The fraction of sp³-hybridized carbons (Fsp3) is 0.316. The van der Waals surface area contributed by atoms with Crippen LogP contribution in [0, 0.1) is 0 Å². The van der Waals surface area contributed by atoms with Crippen molar-refractivity contribution in [1.29, 1.82) is 0 Å². The summed E-state index contributed by atoms with van der Waals surface area (Å²) in [6.07, 6.45) is 0. The lowest BCUT2D eigenvalue weighted by atomic mass is 10.1. The second-order valence-electron chi connectivity index (χ2n) is 5.48. The number of hydrogen-bond donors (Lipinski definition) is 3. The fourth-order valence-corrected chi connectivity index (χ4v) is 2.43. The smallest absolute Gasteiger partial charge is 0.315 e. The topological polar surface area (TPSA) is 70.6 Å². The number of ether oxygens (including phenoxy) is 1. The zero-order chi connectivity index (χ0) is 17.4. The zero-order valence-electron chi connectivity index (χ0n) is 14.1. The average Bonchev–Trinajstić information content (AvgIpc) is 2.60. The molecule has 5 nitrogen and oxygen atoms in total. The number of carbonyl (C=O) groups excluding carboxylic acids is 1. The number of urea groups is 1. The van der Waals surface area contributed by atoms with E-state index < -0.39 is 0 Å². The van der Waals surface area contributed by atoms with Gasteiger partial charge in [0.25, 0.3) is 0 Å². The van der Waals surface area contributed by atoms with E-state index in [0.29, 0.717) is 13.2 Å². The Morgan fingerprint density at radius 1 is 1.17 bits per heavy atom. The van der Waals surface area contributed by atoms with Gasteiger partial charge in [0.15, 0.2) is 0 Å². The predicted molar refractivity (Wildman–Crippen MR) is 93.8 cm³/mol. The van der Waals surface area contributed by atoms with Gasteiger partial charge in [-0.3, -0.25) is 0 Å². The molecule has 0 aromatic heterocycles. The van der Waals surface area contributed by atoms with Gasteiger partial charge >= 0.3 is 6.03 Å². The molecule has 0 bridgehead atoms. The summed E-state index contributed by atoms with van der Waals surface area (Å²) in [4.78, 5) is 12.1. The first-order valence-electron chi connectivity index (χ1n) is 8.08. The number of nitrogens with one attached hydrogen (secondary N) is 2. The molecule has 0 aliphatic heterocycles. The van der Waals surface area contributed by atoms with E-state index in [-0.39, 0.29) is 18.7 Å². The van der Waals surface area contributed by atoms with Crippen LogP contribution in [0.25, 0.3) is 0 Å². The number of carbonyl (C=O) groups is 1. The molecule has 128 valence electrons. The highest BCUT2D eigenvalue weighted by Gasteiger charge is 2.10. The summed E-state index contributed by atoms with van der Waals surface area (Å²) in [5.74, 6) is 0.793. The van der Waals surface area contributed by atoms with Crippen molar-refractivity contribution in [2.75, 3.05) is 6.61 Å². The molecule has 0 radical (unpaired) electrons. The highest BCUT2D eigenvalue weighted by molar-refractivity contribution is 5.74. The molecule has 2 aromatic carbocycles. The van der Waals surface area contributed by atoms with Gasteiger partial charge in [-0.05, 0) is 42.7 Å². The third kappa shape index (κ3) is 4.99. The molecule has 5 heteroatoms. The molecule has 2 rings (SSSR count). The quantitative estimate of drug-likeness (QED) is 0.731. The molecule has 0 saturated heterocycles. The third-order valence-electron chi connectivity index (χ3n) is 3.74. The second-order valence-corrected chi connectivity index (χ2v) is 5.48. The van der Waals surface area contributed by atoms with Crippen LogP contribution in [-0.4, -0.2) is 17.7 Å². The van der Waals surface area contributed by atoms with E-state index in [1.807, 2.05) is 62.4 Å². The van der Waals surface area contributed by atoms with Crippen LogP contribution in [0.2, 0.25) is 0 Å². The van der Waals surface area contributed by atoms with Crippen molar-refractivity contribution >= 4 is 6.03 Å². The lowest BCUT2D eigenvalue weighted by Gasteiger charge is -2.16. The van der Waals surface area contributed by atoms with Gasteiger partial charge in [0.1, 0.15) is 5.75 Å². The van der Waals surface area contributed by atoms with Crippen molar-refractivity contribution in [2.45, 2.75) is 33.0 Å². The molecular weight excluding hydrogens is 304 g/mol. The highest BCUT2D eigenvalue weighted by atomic mass is 16.5. The molecule has 24 heavy (non-hydrogen) atoms. The van der Waals surface area contributed by atoms with Crippen LogP contribution < -0.4 is 15.4 Å². The van der Waals surface area contributed by atoms with Gasteiger partial charge in [-0.2, -0.15) is 0 Å². The van der Waals surface area contributed by atoms with E-state index in [0.717, 1.165) is 22.4 Å². The number of rotatable bonds is 7. The van der Waals surface area contributed by atoms with Gasteiger partial charge in [-0.25, -0.2) is 4.79 Å². The Kier molecular flexibility index (Phi) is 6.63. The molecule has 0 spiro atoms. The minimum atomic E-state index is -0.253. The largest absolute Gasteiger partial charge is 0.494 e. The van der Waals surface area contributed by atoms with Crippen LogP contribution in [0.1, 0.15) is 36.6 Å². The van der Waals surface area contributed by atoms with Gasteiger partial charge in [-0.15, -0.1) is 0 Å². The fourth-order valence-electron chi connectivity index (χ4n) is 2.43. The van der Waals surface area contributed by atoms with Crippen LogP contribution in [0.5, 0.6) is 5.75 Å². The Hall–Kier alpha value is -2.53. The van der Waals surface area contributed by atoms with Crippen LogP contribution in [-0.2, 0) is 13.2 Å². The van der Waals surface area contributed by atoms with Crippen molar-refractivity contribution in [3.8, 4) is 5.75 Å². The molecular formula is C19H24N2O3. The van der Waals surface area contributed by atoms with Gasteiger partial charge in [0.2, 0.25) is 0 Å². The number of hydrogen-bond acceptors (Lipinski definition) is 3. The average molecular weight is 328 g/mol. The van der Waals surface area contributed by atoms with Crippen molar-refractivity contribution in [3.63, 3.8) is 0 Å².